The lowest BCUT2D eigenvalue weighted by atomic mass is 10.0. The Morgan fingerprint density at radius 2 is 1.92 bits per heavy atom. The number of benzene rings is 2. The van der Waals surface area contributed by atoms with E-state index in [1.54, 1.807) is 0 Å². The van der Waals surface area contributed by atoms with Crippen molar-refractivity contribution in [3.05, 3.63) is 65.9 Å². The van der Waals surface area contributed by atoms with Crippen LogP contribution in [0.25, 0.3) is 10.9 Å². The Morgan fingerprint density at radius 3 is 2.64 bits per heavy atom. The topological polar surface area (TPSA) is 54.1 Å². The first kappa shape index (κ1) is 15.8. The molecule has 0 atom stereocenters. The van der Waals surface area contributed by atoms with Crippen LogP contribution in [-0.4, -0.2) is 17.6 Å². The fraction of sp³-hybridized carbons (Fsp3) is 0.286. The number of carbonyl (C=O) groups is 1. The second kappa shape index (κ2) is 6.28. The third-order valence-electron chi connectivity index (χ3n) is 4.85. The van der Waals surface area contributed by atoms with E-state index >= 15 is 0 Å². The van der Waals surface area contributed by atoms with Crippen LogP contribution in [0.5, 0.6) is 0 Å². The van der Waals surface area contributed by atoms with Gasteiger partial charge in [0.05, 0.1) is 18.6 Å². The largest absolute Gasteiger partial charge is 0.466 e. The van der Waals surface area contributed by atoms with E-state index in [0.29, 0.717) is 13.0 Å². The average Bonchev–Trinajstić information content (AvgIpc) is 3.25. The van der Waals surface area contributed by atoms with Crippen LogP contribution in [0.1, 0.15) is 30.9 Å². The Labute approximate surface area is 147 Å². The monoisotopic (exact) mass is 334 g/mol. The van der Waals surface area contributed by atoms with Gasteiger partial charge in [0.25, 0.3) is 0 Å². The summed E-state index contributed by atoms with van der Waals surface area (Å²) in [5.41, 5.74) is 4.58. The van der Waals surface area contributed by atoms with Crippen molar-refractivity contribution in [2.45, 2.75) is 31.7 Å². The summed E-state index contributed by atoms with van der Waals surface area (Å²) in [6.07, 6.45) is 4.69. The molecule has 1 saturated carbocycles. The lowest BCUT2D eigenvalue weighted by Crippen LogP contribution is -2.18. The number of nitrogens with one attached hydrogen (secondary N) is 2. The molecule has 0 radical (unpaired) electrons. The van der Waals surface area contributed by atoms with Gasteiger partial charge < -0.3 is 15.0 Å². The minimum Gasteiger partial charge on any atom is -0.466 e. The molecule has 2 N–H and O–H groups in total. The smallest absolute Gasteiger partial charge is 0.310 e. The second-order valence-electron chi connectivity index (χ2n) is 6.63. The third kappa shape index (κ3) is 3.12. The molecule has 4 rings (SSSR count). The standard InChI is InChI=1S/C21H22N2O2/c1-2-25-20(24)13-15-7-9-16(10-8-15)23-21(11-12-21)18-14-22-19-6-4-3-5-17(18)19/h3-10,14,22-23H,2,11-13H2,1H3. The number of para-hydroxylation sites is 1. The minimum absolute atomic E-state index is 0.0161. The van der Waals surface area contributed by atoms with E-state index in [1.807, 2.05) is 31.2 Å². The molecule has 1 aromatic heterocycles. The quantitative estimate of drug-likeness (QED) is 0.658. The Bertz CT molecular complexity index is 892. The Hall–Kier alpha value is -2.75. The van der Waals surface area contributed by atoms with Crippen molar-refractivity contribution in [2.24, 2.45) is 0 Å². The third-order valence-corrected chi connectivity index (χ3v) is 4.85. The molecule has 4 nitrogen and oxygen atoms in total. The van der Waals surface area contributed by atoms with Gasteiger partial charge in [0.1, 0.15) is 0 Å². The minimum atomic E-state index is -0.180. The molecule has 1 aliphatic carbocycles. The molecule has 1 heterocycles. The van der Waals surface area contributed by atoms with Crippen LogP contribution in [0.3, 0.4) is 0 Å². The number of aromatic amines is 1. The number of H-pyrrole nitrogens is 1. The van der Waals surface area contributed by atoms with Gasteiger partial charge in [-0.15, -0.1) is 0 Å². The summed E-state index contributed by atoms with van der Waals surface area (Å²) in [5, 5.41) is 4.98. The van der Waals surface area contributed by atoms with E-state index in [4.69, 9.17) is 4.74 Å². The Morgan fingerprint density at radius 1 is 1.16 bits per heavy atom. The van der Waals surface area contributed by atoms with Gasteiger partial charge in [-0.1, -0.05) is 30.3 Å². The van der Waals surface area contributed by atoms with Gasteiger partial charge in [0.2, 0.25) is 0 Å². The molecule has 0 bridgehead atoms. The fourth-order valence-corrected chi connectivity index (χ4v) is 3.42. The summed E-state index contributed by atoms with van der Waals surface area (Å²) >= 11 is 0. The number of hydrogen-bond donors (Lipinski definition) is 2. The van der Waals surface area contributed by atoms with Crippen molar-refractivity contribution in [3.8, 4) is 0 Å². The number of hydrogen-bond acceptors (Lipinski definition) is 3. The van der Waals surface area contributed by atoms with Crippen molar-refractivity contribution < 1.29 is 9.53 Å². The van der Waals surface area contributed by atoms with Crippen LogP contribution >= 0.6 is 0 Å². The first-order valence-electron chi connectivity index (χ1n) is 8.79. The van der Waals surface area contributed by atoms with Crippen LogP contribution in [0.2, 0.25) is 0 Å². The van der Waals surface area contributed by atoms with Gasteiger partial charge >= 0.3 is 5.97 Å². The molecule has 25 heavy (non-hydrogen) atoms. The van der Waals surface area contributed by atoms with E-state index in [2.05, 4.69) is 40.8 Å². The molecule has 1 aliphatic rings. The highest BCUT2D eigenvalue weighted by Gasteiger charge is 2.45. The molecule has 0 aliphatic heterocycles. The SMILES string of the molecule is CCOC(=O)Cc1ccc(NC2(c3c[nH]c4ccccc34)CC2)cc1. The zero-order chi connectivity index (χ0) is 17.3. The van der Waals surface area contributed by atoms with Gasteiger partial charge in [-0.25, -0.2) is 0 Å². The number of rotatable bonds is 6. The van der Waals surface area contributed by atoms with Crippen LogP contribution in [0.4, 0.5) is 5.69 Å². The van der Waals surface area contributed by atoms with Crippen LogP contribution in [0, 0.1) is 0 Å². The maximum Gasteiger partial charge on any atom is 0.310 e. The molecule has 0 amide bonds. The molecule has 2 aromatic carbocycles. The van der Waals surface area contributed by atoms with E-state index in [-0.39, 0.29) is 11.5 Å². The summed E-state index contributed by atoms with van der Waals surface area (Å²) in [6, 6.07) is 16.5. The van der Waals surface area contributed by atoms with Crippen molar-refractivity contribution >= 4 is 22.6 Å². The number of anilines is 1. The van der Waals surface area contributed by atoms with Crippen LogP contribution in [0.15, 0.2) is 54.7 Å². The van der Waals surface area contributed by atoms with Crippen molar-refractivity contribution in [2.75, 3.05) is 11.9 Å². The van der Waals surface area contributed by atoms with Crippen molar-refractivity contribution in [1.82, 2.24) is 4.98 Å². The summed E-state index contributed by atoms with van der Waals surface area (Å²) in [6.45, 7) is 2.25. The summed E-state index contributed by atoms with van der Waals surface area (Å²) in [5.74, 6) is -0.180. The number of esters is 1. The van der Waals surface area contributed by atoms with Crippen LogP contribution in [-0.2, 0) is 21.5 Å². The average molecular weight is 334 g/mol. The molecule has 0 unspecified atom stereocenters. The maximum absolute atomic E-state index is 11.6. The van der Waals surface area contributed by atoms with Crippen molar-refractivity contribution in [1.29, 1.82) is 0 Å². The molecule has 128 valence electrons. The summed E-state index contributed by atoms with van der Waals surface area (Å²) in [7, 11) is 0. The molecule has 0 spiro atoms. The first-order valence-corrected chi connectivity index (χ1v) is 8.79. The van der Waals surface area contributed by atoms with Gasteiger partial charge in [0, 0.05) is 28.4 Å². The summed E-state index contributed by atoms with van der Waals surface area (Å²) < 4.78 is 5.00. The predicted molar refractivity (Wildman–Crippen MR) is 99.6 cm³/mol. The zero-order valence-electron chi connectivity index (χ0n) is 14.3. The number of ether oxygens (including phenoxy) is 1. The lowest BCUT2D eigenvalue weighted by molar-refractivity contribution is -0.142. The van der Waals surface area contributed by atoms with Gasteiger partial charge in [-0.05, 0) is 43.5 Å². The van der Waals surface area contributed by atoms with Crippen molar-refractivity contribution in [3.63, 3.8) is 0 Å². The number of fused-ring (bicyclic) bond motifs is 1. The van der Waals surface area contributed by atoms with E-state index < -0.39 is 0 Å². The Balaban J connectivity index is 1.51. The molecule has 0 saturated heterocycles. The van der Waals surface area contributed by atoms with E-state index in [0.717, 1.165) is 24.1 Å². The predicted octanol–water partition coefficient (Wildman–Crippen LogP) is 4.37. The summed E-state index contributed by atoms with van der Waals surface area (Å²) in [4.78, 5) is 14.9. The molecule has 4 heteroatoms. The Kier molecular flexibility index (Phi) is 3.96. The highest BCUT2D eigenvalue weighted by atomic mass is 16.5. The number of aromatic nitrogens is 1. The normalized spacial score (nSPS) is 15.1. The van der Waals surface area contributed by atoms with Gasteiger partial charge in [0.15, 0.2) is 0 Å². The van der Waals surface area contributed by atoms with E-state index in [1.165, 1.54) is 16.5 Å². The zero-order valence-corrected chi connectivity index (χ0v) is 14.3. The van der Waals surface area contributed by atoms with Crippen LogP contribution < -0.4 is 5.32 Å². The highest BCUT2D eigenvalue weighted by Crippen LogP contribution is 2.50. The first-order chi connectivity index (χ1) is 12.2. The number of carbonyl (C=O) groups excluding carboxylic acids is 1. The maximum atomic E-state index is 11.6. The van der Waals surface area contributed by atoms with Gasteiger partial charge in [-0.3, -0.25) is 4.79 Å². The highest BCUT2D eigenvalue weighted by molar-refractivity contribution is 5.85. The van der Waals surface area contributed by atoms with E-state index in [9.17, 15) is 4.79 Å². The van der Waals surface area contributed by atoms with Gasteiger partial charge in [-0.2, -0.15) is 0 Å². The molecular weight excluding hydrogens is 312 g/mol. The second-order valence-corrected chi connectivity index (χ2v) is 6.63. The molecule has 1 fully saturated rings. The lowest BCUT2D eigenvalue weighted by Gasteiger charge is -2.19. The molecular formula is C21H22N2O2. The fourth-order valence-electron chi connectivity index (χ4n) is 3.42. The molecule has 3 aromatic rings.